The summed E-state index contributed by atoms with van der Waals surface area (Å²) in [6.07, 6.45) is 1.88. The minimum atomic E-state index is -0.335. The van der Waals surface area contributed by atoms with Crippen LogP contribution in [0.25, 0.3) is 10.8 Å². The van der Waals surface area contributed by atoms with Crippen LogP contribution in [0.1, 0.15) is 32.8 Å². The van der Waals surface area contributed by atoms with E-state index in [0.29, 0.717) is 42.5 Å². The summed E-state index contributed by atoms with van der Waals surface area (Å²) in [6.45, 7) is 11.5. The molecule has 11 nitrogen and oxygen atoms in total. The van der Waals surface area contributed by atoms with Crippen molar-refractivity contribution in [3.8, 4) is 11.5 Å². The number of hydrogen-bond donors (Lipinski definition) is 3. The van der Waals surface area contributed by atoms with Crippen molar-refractivity contribution < 1.29 is 14.3 Å². The molecular formula is C36H42N8O3. The van der Waals surface area contributed by atoms with Gasteiger partial charge >= 0.3 is 12.1 Å². The third-order valence-corrected chi connectivity index (χ3v) is 8.49. The number of hydrazone groups is 1. The number of rotatable bonds is 6. The van der Waals surface area contributed by atoms with Crippen LogP contribution < -0.4 is 25.7 Å². The number of carbonyl (C=O) groups is 2. The van der Waals surface area contributed by atoms with E-state index in [2.05, 4.69) is 46.6 Å². The number of carbonyl (C=O) groups excluding carboxylic acids is 2. The summed E-state index contributed by atoms with van der Waals surface area (Å²) < 4.78 is 6.29. The Bertz CT molecular complexity index is 1790. The van der Waals surface area contributed by atoms with E-state index < -0.39 is 0 Å². The summed E-state index contributed by atoms with van der Waals surface area (Å²) in [7, 11) is 2.05. The zero-order chi connectivity index (χ0) is 33.1. The Morgan fingerprint density at radius 3 is 2.34 bits per heavy atom. The molecule has 4 amide bonds. The fraction of sp³-hybridized carbons (Fsp3) is 0.333. The maximum atomic E-state index is 13.5. The van der Waals surface area contributed by atoms with Crippen LogP contribution in [0.15, 0.2) is 84.1 Å². The molecule has 4 aromatic rings. The van der Waals surface area contributed by atoms with Crippen molar-refractivity contribution in [1.29, 1.82) is 0 Å². The number of nitrogens with zero attached hydrogens (tertiary/aromatic N) is 5. The number of aryl methyl sites for hydroxylation is 1. The van der Waals surface area contributed by atoms with Crippen molar-refractivity contribution in [2.75, 3.05) is 48.9 Å². The van der Waals surface area contributed by atoms with E-state index >= 15 is 0 Å². The van der Waals surface area contributed by atoms with Gasteiger partial charge in [0, 0.05) is 66.8 Å². The van der Waals surface area contributed by atoms with Gasteiger partial charge in [-0.15, -0.1) is 0 Å². The average Bonchev–Trinajstić information content (AvgIpc) is 3.47. The van der Waals surface area contributed by atoms with Crippen molar-refractivity contribution in [3.63, 3.8) is 0 Å². The molecule has 3 N–H and O–H groups in total. The largest absolute Gasteiger partial charge is 0.457 e. The predicted molar refractivity (Wildman–Crippen MR) is 187 cm³/mol. The Labute approximate surface area is 275 Å². The van der Waals surface area contributed by atoms with Crippen LogP contribution in [-0.4, -0.2) is 72.0 Å². The number of anilines is 3. The lowest BCUT2D eigenvalue weighted by Gasteiger charge is -2.32. The van der Waals surface area contributed by atoms with Gasteiger partial charge in [-0.25, -0.2) is 19.6 Å². The molecule has 0 aliphatic carbocycles. The smallest absolute Gasteiger partial charge is 0.323 e. The molecule has 3 heterocycles. The highest BCUT2D eigenvalue weighted by Gasteiger charge is 2.34. The quantitative estimate of drug-likeness (QED) is 0.213. The predicted octanol–water partition coefficient (Wildman–Crippen LogP) is 6.87. The summed E-state index contributed by atoms with van der Waals surface area (Å²) in [5.74, 6) is 1.55. The Morgan fingerprint density at radius 1 is 0.894 bits per heavy atom. The number of nitrogens with one attached hydrogen (secondary N) is 3. The highest BCUT2D eigenvalue weighted by molar-refractivity contribution is 6.04. The second-order valence-electron chi connectivity index (χ2n) is 13.2. The molecule has 0 bridgehead atoms. The molecule has 6 rings (SSSR count). The molecule has 47 heavy (non-hydrogen) atoms. The van der Waals surface area contributed by atoms with Crippen LogP contribution in [-0.2, 0) is 0 Å². The molecule has 11 heteroatoms. The van der Waals surface area contributed by atoms with E-state index in [1.165, 1.54) is 0 Å². The first-order valence-corrected chi connectivity index (χ1v) is 15.9. The minimum absolute atomic E-state index is 0.131. The van der Waals surface area contributed by atoms with Gasteiger partial charge in [-0.2, -0.15) is 5.10 Å². The van der Waals surface area contributed by atoms with Gasteiger partial charge in [0.2, 0.25) is 0 Å². The van der Waals surface area contributed by atoms with Crippen LogP contribution >= 0.6 is 0 Å². The molecule has 1 aromatic heterocycles. The second-order valence-corrected chi connectivity index (χ2v) is 13.2. The van der Waals surface area contributed by atoms with Gasteiger partial charge in [-0.3, -0.25) is 5.32 Å². The number of ether oxygens (including phenoxy) is 1. The summed E-state index contributed by atoms with van der Waals surface area (Å²) in [4.78, 5) is 34.5. The third-order valence-electron chi connectivity index (χ3n) is 8.49. The first-order chi connectivity index (χ1) is 22.5. The van der Waals surface area contributed by atoms with E-state index in [0.717, 1.165) is 40.8 Å². The van der Waals surface area contributed by atoms with E-state index in [1.54, 1.807) is 23.2 Å². The Balaban J connectivity index is 1.16. The zero-order valence-electron chi connectivity index (χ0n) is 27.6. The zero-order valence-corrected chi connectivity index (χ0v) is 27.6. The van der Waals surface area contributed by atoms with Crippen molar-refractivity contribution in [3.05, 3.63) is 84.6 Å². The SMILES string of the molecule is Cc1ccc(N2N=C(C(C)(C)C)CC2NC(=O)Nc2ccc(Oc3ccnc(NC(=O)N4CCN(C)CC4)c3)c3ccccc23)cc1. The first kappa shape index (κ1) is 31.8. The maximum Gasteiger partial charge on any atom is 0.323 e. The normalized spacial score (nSPS) is 17.0. The number of aromatic nitrogens is 1. The number of pyridine rings is 1. The lowest BCUT2D eigenvalue weighted by atomic mass is 9.88. The van der Waals surface area contributed by atoms with Crippen molar-refractivity contribution in [1.82, 2.24) is 20.1 Å². The van der Waals surface area contributed by atoms with Crippen molar-refractivity contribution in [2.45, 2.75) is 40.3 Å². The summed E-state index contributed by atoms with van der Waals surface area (Å²) >= 11 is 0. The average molecular weight is 635 g/mol. The summed E-state index contributed by atoms with van der Waals surface area (Å²) in [5.41, 5.74) is 3.62. The molecule has 2 aliphatic rings. The van der Waals surface area contributed by atoms with Gasteiger partial charge in [-0.1, -0.05) is 62.7 Å². The molecule has 1 unspecified atom stereocenters. The molecule has 0 saturated carbocycles. The molecule has 1 saturated heterocycles. The van der Waals surface area contributed by atoms with Gasteiger partial charge in [-0.05, 0) is 44.3 Å². The monoisotopic (exact) mass is 634 g/mol. The first-order valence-electron chi connectivity index (χ1n) is 15.9. The van der Waals surface area contributed by atoms with E-state index in [-0.39, 0.29) is 23.6 Å². The van der Waals surface area contributed by atoms with Crippen molar-refractivity contribution >= 4 is 45.7 Å². The number of hydrogen-bond acceptors (Lipinski definition) is 7. The standard InChI is InChI=1S/C36H42N8O3/c1-24-10-12-25(13-11-24)44-33(23-31(41-44)36(2,3)4)40-34(45)38-29-14-15-30(28-9-7-6-8-27(28)29)47-26-16-17-37-32(22-26)39-35(46)43-20-18-42(5)19-21-43/h6-17,22,33H,18-21,23H2,1-5H3,(H,37,39,46)(H2,38,40,45). The Kier molecular flexibility index (Phi) is 8.99. The van der Waals surface area contributed by atoms with Crippen LogP contribution in [0.5, 0.6) is 11.5 Å². The summed E-state index contributed by atoms with van der Waals surface area (Å²) in [5, 5.41) is 17.5. The highest BCUT2D eigenvalue weighted by atomic mass is 16.5. The molecule has 1 fully saturated rings. The highest BCUT2D eigenvalue weighted by Crippen LogP contribution is 2.35. The fourth-order valence-electron chi connectivity index (χ4n) is 5.66. The van der Waals surface area contributed by atoms with Crippen molar-refractivity contribution in [2.24, 2.45) is 10.5 Å². The van der Waals surface area contributed by atoms with Crippen LogP contribution in [0.3, 0.4) is 0 Å². The van der Waals surface area contributed by atoms with Crippen LogP contribution in [0.2, 0.25) is 0 Å². The van der Waals surface area contributed by atoms with E-state index in [1.807, 2.05) is 79.6 Å². The molecule has 2 aliphatic heterocycles. The number of benzene rings is 3. The van der Waals surface area contributed by atoms with Gasteiger partial charge in [0.25, 0.3) is 0 Å². The Morgan fingerprint density at radius 2 is 1.62 bits per heavy atom. The molecule has 1 atom stereocenters. The van der Waals surface area contributed by atoms with Gasteiger partial charge < -0.3 is 25.2 Å². The van der Waals surface area contributed by atoms with E-state index in [4.69, 9.17) is 9.84 Å². The third kappa shape index (κ3) is 7.47. The Hall–Kier alpha value is -5.16. The van der Waals surface area contributed by atoms with E-state index in [9.17, 15) is 9.59 Å². The molecular weight excluding hydrogens is 592 g/mol. The second kappa shape index (κ2) is 13.3. The molecule has 244 valence electrons. The number of urea groups is 2. The minimum Gasteiger partial charge on any atom is -0.457 e. The molecule has 0 radical (unpaired) electrons. The lowest BCUT2D eigenvalue weighted by Crippen LogP contribution is -2.48. The summed E-state index contributed by atoms with van der Waals surface area (Å²) in [6, 6.07) is 22.5. The number of piperazine rings is 1. The maximum absolute atomic E-state index is 13.5. The van der Waals surface area contributed by atoms with Gasteiger partial charge in [0.05, 0.1) is 11.4 Å². The van der Waals surface area contributed by atoms with Crippen LogP contribution in [0, 0.1) is 12.3 Å². The molecule has 0 spiro atoms. The molecule has 3 aromatic carbocycles. The number of amides is 4. The fourth-order valence-corrected chi connectivity index (χ4v) is 5.66. The van der Waals surface area contributed by atoms with Crippen LogP contribution in [0.4, 0.5) is 26.8 Å². The van der Waals surface area contributed by atoms with Gasteiger partial charge in [0.15, 0.2) is 0 Å². The topological polar surface area (TPSA) is 114 Å². The number of likely N-dealkylation sites (N-methyl/N-ethyl adjacent to an activating group) is 1. The number of fused-ring (bicyclic) bond motifs is 1. The lowest BCUT2D eigenvalue weighted by molar-refractivity contribution is 0.164. The van der Waals surface area contributed by atoms with Gasteiger partial charge in [0.1, 0.15) is 23.5 Å².